The third-order valence-electron chi connectivity index (χ3n) is 5.35. The van der Waals surface area contributed by atoms with Crippen molar-refractivity contribution >= 4 is 16.9 Å². The molecule has 0 saturated carbocycles. The number of fused-ring (bicyclic) bond motifs is 3. The summed E-state index contributed by atoms with van der Waals surface area (Å²) >= 11 is 0. The predicted molar refractivity (Wildman–Crippen MR) is 98.7 cm³/mol. The number of nitrogens with zero attached hydrogens (tertiary/aromatic N) is 4. The Labute approximate surface area is 149 Å². The molecule has 0 unspecified atom stereocenters. The molecule has 0 spiro atoms. The molecule has 3 atom stereocenters. The molecule has 4 heterocycles. The minimum absolute atomic E-state index is 0.332. The normalized spacial score (nSPS) is 25.4. The zero-order valence-electron chi connectivity index (χ0n) is 15.5. The summed E-state index contributed by atoms with van der Waals surface area (Å²) in [7, 11) is 0. The fraction of sp³-hybridized carbons (Fsp3) is 0.737. The lowest BCUT2D eigenvalue weighted by Crippen LogP contribution is -2.31. The largest absolute Gasteiger partial charge is 0.373 e. The van der Waals surface area contributed by atoms with E-state index in [1.165, 1.54) is 6.42 Å². The third-order valence-corrected chi connectivity index (χ3v) is 5.35. The molecule has 25 heavy (non-hydrogen) atoms. The second-order valence-corrected chi connectivity index (χ2v) is 7.90. The lowest BCUT2D eigenvalue weighted by Gasteiger charge is -2.21. The molecule has 1 N–H and O–H groups in total. The Hall–Kier alpha value is -1.69. The molecular formula is C19H29N5O. The van der Waals surface area contributed by atoms with Gasteiger partial charge in [-0.3, -0.25) is 0 Å². The van der Waals surface area contributed by atoms with Crippen LogP contribution in [0.2, 0.25) is 0 Å². The second kappa shape index (κ2) is 6.90. The van der Waals surface area contributed by atoms with Crippen molar-refractivity contribution < 1.29 is 4.74 Å². The summed E-state index contributed by atoms with van der Waals surface area (Å²) in [6.45, 7) is 7.59. The molecule has 4 rings (SSSR count). The molecule has 0 radical (unpaired) electrons. The minimum atomic E-state index is 0.332. The number of hydrogen-bond donors (Lipinski definition) is 1. The number of nitrogens with one attached hydrogen (secondary N) is 1. The number of hydrogen-bond acceptors (Lipinski definition) is 5. The molecule has 6 heteroatoms. The van der Waals surface area contributed by atoms with Crippen molar-refractivity contribution in [2.45, 2.75) is 84.1 Å². The Morgan fingerprint density at radius 2 is 2.20 bits per heavy atom. The summed E-state index contributed by atoms with van der Waals surface area (Å²) < 4.78 is 8.07. The van der Waals surface area contributed by atoms with E-state index in [9.17, 15) is 0 Å². The lowest BCUT2D eigenvalue weighted by molar-refractivity contribution is 0.102. The topological polar surface area (TPSA) is 64.9 Å². The van der Waals surface area contributed by atoms with E-state index < -0.39 is 0 Å². The molecule has 6 nitrogen and oxygen atoms in total. The molecule has 2 aromatic heterocycles. The van der Waals surface area contributed by atoms with Gasteiger partial charge in [-0.05, 0) is 38.0 Å². The summed E-state index contributed by atoms with van der Waals surface area (Å²) in [5.41, 5.74) is 2.08. The van der Waals surface area contributed by atoms with Crippen LogP contribution in [0, 0.1) is 5.92 Å². The maximum Gasteiger partial charge on any atom is 0.163 e. The number of rotatable bonds is 7. The van der Waals surface area contributed by atoms with Crippen LogP contribution in [-0.2, 0) is 17.7 Å². The van der Waals surface area contributed by atoms with Gasteiger partial charge in [-0.2, -0.15) is 5.10 Å². The van der Waals surface area contributed by atoms with E-state index in [1.54, 1.807) is 6.33 Å². The molecule has 2 aromatic rings. The van der Waals surface area contributed by atoms with Gasteiger partial charge in [0.05, 0.1) is 29.3 Å². The van der Waals surface area contributed by atoms with Crippen LogP contribution in [0.1, 0.15) is 58.6 Å². The molecule has 2 saturated heterocycles. The summed E-state index contributed by atoms with van der Waals surface area (Å²) in [4.78, 5) is 9.15. The van der Waals surface area contributed by atoms with Crippen molar-refractivity contribution in [3.63, 3.8) is 0 Å². The number of ether oxygens (including phenoxy) is 1. The van der Waals surface area contributed by atoms with Gasteiger partial charge in [0.1, 0.15) is 12.1 Å². The smallest absolute Gasteiger partial charge is 0.163 e. The van der Waals surface area contributed by atoms with Gasteiger partial charge in [-0.25, -0.2) is 14.6 Å². The van der Waals surface area contributed by atoms with E-state index in [0.29, 0.717) is 24.2 Å². The van der Waals surface area contributed by atoms with Gasteiger partial charge < -0.3 is 10.1 Å². The lowest BCUT2D eigenvalue weighted by atomic mass is 9.95. The second-order valence-electron chi connectivity index (χ2n) is 7.90. The highest BCUT2D eigenvalue weighted by atomic mass is 16.5. The molecule has 0 aromatic carbocycles. The van der Waals surface area contributed by atoms with Crippen molar-refractivity contribution in [3.05, 3.63) is 12.0 Å². The molecule has 2 fully saturated rings. The molecule has 0 aliphatic carbocycles. The van der Waals surface area contributed by atoms with Gasteiger partial charge in [0.15, 0.2) is 5.65 Å². The van der Waals surface area contributed by atoms with E-state index in [1.807, 2.05) is 0 Å². The molecule has 2 aliphatic rings. The molecule has 0 amide bonds. The first-order chi connectivity index (χ1) is 12.2. The standard InChI is InChI=1S/C19H29N5O/c1-4-5-8-24-19-17(15(23-24)9-12(2)3)18(20-11-21-19)22-14-10-13-6-7-16(14)25-13/h11-14,16H,4-10H2,1-3H3,(H,20,21,22)/t13-,14+,16+/m0/s1. The van der Waals surface area contributed by atoms with Crippen molar-refractivity contribution in [1.82, 2.24) is 19.7 Å². The van der Waals surface area contributed by atoms with E-state index in [2.05, 4.69) is 40.7 Å². The van der Waals surface area contributed by atoms with Gasteiger partial charge in [0, 0.05) is 6.54 Å². The van der Waals surface area contributed by atoms with Crippen molar-refractivity contribution in [1.29, 1.82) is 0 Å². The maximum absolute atomic E-state index is 6.00. The number of anilines is 1. The van der Waals surface area contributed by atoms with Crippen LogP contribution in [-0.4, -0.2) is 38.0 Å². The van der Waals surface area contributed by atoms with Crippen LogP contribution < -0.4 is 5.32 Å². The van der Waals surface area contributed by atoms with Crippen LogP contribution >= 0.6 is 0 Å². The zero-order chi connectivity index (χ0) is 17.4. The summed E-state index contributed by atoms with van der Waals surface area (Å²) in [5.74, 6) is 1.49. The maximum atomic E-state index is 6.00. The van der Waals surface area contributed by atoms with E-state index in [-0.39, 0.29) is 0 Å². The van der Waals surface area contributed by atoms with Crippen molar-refractivity contribution in [3.8, 4) is 0 Å². The highest BCUT2D eigenvalue weighted by molar-refractivity contribution is 5.89. The van der Waals surface area contributed by atoms with Crippen LogP contribution in [0.25, 0.3) is 11.0 Å². The summed E-state index contributed by atoms with van der Waals surface area (Å²) in [6.07, 6.45) is 9.10. The van der Waals surface area contributed by atoms with E-state index >= 15 is 0 Å². The van der Waals surface area contributed by atoms with Crippen molar-refractivity contribution in [2.75, 3.05) is 5.32 Å². The third kappa shape index (κ3) is 3.24. The molecule has 2 aliphatic heterocycles. The van der Waals surface area contributed by atoms with Gasteiger partial charge in [-0.1, -0.05) is 27.2 Å². The Morgan fingerprint density at radius 3 is 2.88 bits per heavy atom. The fourth-order valence-corrected chi connectivity index (χ4v) is 4.15. The first-order valence-electron chi connectivity index (χ1n) is 9.78. The fourth-order valence-electron chi connectivity index (χ4n) is 4.15. The first-order valence-corrected chi connectivity index (χ1v) is 9.78. The van der Waals surface area contributed by atoms with Crippen LogP contribution in [0.4, 0.5) is 5.82 Å². The highest BCUT2D eigenvalue weighted by Gasteiger charge is 2.41. The number of unbranched alkanes of at least 4 members (excludes halogenated alkanes) is 1. The van der Waals surface area contributed by atoms with E-state index in [4.69, 9.17) is 9.84 Å². The van der Waals surface area contributed by atoms with Gasteiger partial charge in [0.2, 0.25) is 0 Å². The highest BCUT2D eigenvalue weighted by Crippen LogP contribution is 2.37. The average molecular weight is 343 g/mol. The minimum Gasteiger partial charge on any atom is -0.373 e. The quantitative estimate of drug-likeness (QED) is 0.833. The van der Waals surface area contributed by atoms with E-state index in [0.717, 1.165) is 61.2 Å². The predicted octanol–water partition coefficient (Wildman–Crippen LogP) is 3.56. The summed E-state index contributed by atoms with van der Waals surface area (Å²) in [6, 6.07) is 0.364. The Balaban J connectivity index is 1.69. The van der Waals surface area contributed by atoms with Crippen LogP contribution in [0.3, 0.4) is 0 Å². The Bertz CT molecular complexity index is 741. The first kappa shape index (κ1) is 16.8. The molecule has 136 valence electrons. The zero-order valence-corrected chi connectivity index (χ0v) is 15.5. The Kier molecular flexibility index (Phi) is 4.63. The van der Waals surface area contributed by atoms with Crippen molar-refractivity contribution in [2.24, 2.45) is 5.92 Å². The number of aryl methyl sites for hydroxylation is 1. The Morgan fingerprint density at radius 1 is 1.32 bits per heavy atom. The summed E-state index contributed by atoms with van der Waals surface area (Å²) in [5, 5.41) is 9.67. The number of aromatic nitrogens is 4. The molecular weight excluding hydrogens is 314 g/mol. The van der Waals surface area contributed by atoms with Gasteiger partial charge >= 0.3 is 0 Å². The van der Waals surface area contributed by atoms with Crippen LogP contribution in [0.15, 0.2) is 6.33 Å². The van der Waals surface area contributed by atoms with Gasteiger partial charge in [-0.15, -0.1) is 0 Å². The SMILES string of the molecule is CCCCn1nc(CC(C)C)c2c(N[C@@H]3C[C@@H]4CC[C@H]3O4)ncnc21. The average Bonchev–Trinajstić information content (AvgIpc) is 3.28. The monoisotopic (exact) mass is 343 g/mol. The van der Waals surface area contributed by atoms with Crippen LogP contribution in [0.5, 0.6) is 0 Å². The molecule has 2 bridgehead atoms. The van der Waals surface area contributed by atoms with Gasteiger partial charge in [0.25, 0.3) is 0 Å².